The van der Waals surface area contributed by atoms with Gasteiger partial charge >= 0.3 is 0 Å². The lowest BCUT2D eigenvalue weighted by molar-refractivity contribution is -0.119. The van der Waals surface area contributed by atoms with Gasteiger partial charge in [0.15, 0.2) is 0 Å². The molecule has 11 nitrogen and oxygen atoms in total. The van der Waals surface area contributed by atoms with Crippen LogP contribution in [0.4, 0.5) is 0 Å². The molecule has 176 valence electrons. The van der Waals surface area contributed by atoms with Gasteiger partial charge in [-0.15, -0.1) is 0 Å². The van der Waals surface area contributed by atoms with Gasteiger partial charge in [0.2, 0.25) is 0 Å². The third-order valence-corrected chi connectivity index (χ3v) is 4.26. The van der Waals surface area contributed by atoms with E-state index in [-0.39, 0.29) is 52.9 Å². The normalized spacial score (nSPS) is 18.2. The Morgan fingerprint density at radius 1 is 0.621 bits per heavy atom. The van der Waals surface area contributed by atoms with Gasteiger partial charge in [-0.1, -0.05) is 6.92 Å². The van der Waals surface area contributed by atoms with Crippen molar-refractivity contribution >= 4 is 0 Å². The standard InChI is InChI=1S/C18H38O11/c1-2-18(11-26-7-14(23)3-19,12-27-8-15(24)4-20)13-28-10-17(6-22)29-9-16(25)5-21/h14-17,19-25H,2-13H2,1H3. The van der Waals surface area contributed by atoms with E-state index in [9.17, 15) is 20.4 Å². The van der Waals surface area contributed by atoms with Gasteiger partial charge in [-0.2, -0.15) is 0 Å². The summed E-state index contributed by atoms with van der Waals surface area (Å²) in [5, 5.41) is 64.1. The molecule has 0 aliphatic carbocycles. The summed E-state index contributed by atoms with van der Waals surface area (Å²) in [7, 11) is 0. The Morgan fingerprint density at radius 2 is 1.03 bits per heavy atom. The second-order valence-corrected chi connectivity index (χ2v) is 7.05. The van der Waals surface area contributed by atoms with Crippen molar-refractivity contribution < 1.29 is 54.7 Å². The largest absolute Gasteiger partial charge is 0.394 e. The molecule has 0 spiro atoms. The van der Waals surface area contributed by atoms with Gasteiger partial charge in [-0.3, -0.25) is 0 Å². The Kier molecular flexibility index (Phi) is 17.0. The molecule has 4 atom stereocenters. The van der Waals surface area contributed by atoms with Crippen LogP contribution < -0.4 is 0 Å². The molecule has 0 aromatic heterocycles. The highest BCUT2D eigenvalue weighted by Crippen LogP contribution is 2.24. The van der Waals surface area contributed by atoms with Crippen LogP contribution in [-0.2, 0) is 18.9 Å². The third-order valence-electron chi connectivity index (χ3n) is 4.26. The Bertz CT molecular complexity index is 356. The average molecular weight is 430 g/mol. The summed E-state index contributed by atoms with van der Waals surface area (Å²) in [5.41, 5.74) is -0.644. The zero-order chi connectivity index (χ0) is 22.1. The lowest BCUT2D eigenvalue weighted by atomic mass is 9.88. The fourth-order valence-corrected chi connectivity index (χ4v) is 2.22. The minimum atomic E-state index is -1.04. The maximum Gasteiger partial charge on any atom is 0.104 e. The van der Waals surface area contributed by atoms with E-state index in [0.29, 0.717) is 6.42 Å². The van der Waals surface area contributed by atoms with Crippen molar-refractivity contribution in [3.63, 3.8) is 0 Å². The van der Waals surface area contributed by atoms with Crippen LogP contribution in [0.2, 0.25) is 0 Å². The second kappa shape index (κ2) is 17.3. The van der Waals surface area contributed by atoms with Crippen LogP contribution in [0.25, 0.3) is 0 Å². The van der Waals surface area contributed by atoms with Gasteiger partial charge in [-0.05, 0) is 6.42 Å². The van der Waals surface area contributed by atoms with E-state index >= 15 is 0 Å². The first-order chi connectivity index (χ1) is 13.9. The van der Waals surface area contributed by atoms with E-state index in [1.165, 1.54) is 0 Å². The number of ether oxygens (including phenoxy) is 4. The quantitative estimate of drug-likeness (QED) is 0.104. The zero-order valence-electron chi connectivity index (χ0n) is 17.1. The molecule has 0 aliphatic rings. The number of aliphatic hydroxyl groups is 7. The van der Waals surface area contributed by atoms with E-state index in [1.807, 2.05) is 6.92 Å². The average Bonchev–Trinajstić information content (AvgIpc) is 2.74. The lowest BCUT2D eigenvalue weighted by Crippen LogP contribution is -2.40. The predicted molar refractivity (Wildman–Crippen MR) is 101 cm³/mol. The van der Waals surface area contributed by atoms with E-state index in [4.69, 9.17) is 34.3 Å². The van der Waals surface area contributed by atoms with E-state index < -0.39 is 49.7 Å². The topological polar surface area (TPSA) is 179 Å². The van der Waals surface area contributed by atoms with Gasteiger partial charge in [-0.25, -0.2) is 0 Å². The van der Waals surface area contributed by atoms with Gasteiger partial charge in [0, 0.05) is 5.41 Å². The number of rotatable bonds is 20. The van der Waals surface area contributed by atoms with Crippen molar-refractivity contribution in [2.45, 2.75) is 37.8 Å². The van der Waals surface area contributed by atoms with Crippen LogP contribution in [0.3, 0.4) is 0 Å². The monoisotopic (exact) mass is 430 g/mol. The van der Waals surface area contributed by atoms with E-state index in [0.717, 1.165) is 0 Å². The summed E-state index contributed by atoms with van der Waals surface area (Å²) < 4.78 is 21.9. The molecule has 0 aromatic carbocycles. The summed E-state index contributed by atoms with van der Waals surface area (Å²) in [6.07, 6.45) is -3.19. The Balaban J connectivity index is 4.70. The van der Waals surface area contributed by atoms with E-state index in [1.54, 1.807) is 0 Å². The predicted octanol–water partition coefficient (Wildman–Crippen LogP) is -3.13. The Hall–Kier alpha value is -0.440. The van der Waals surface area contributed by atoms with Crippen molar-refractivity contribution in [2.24, 2.45) is 5.41 Å². The first-order valence-corrected chi connectivity index (χ1v) is 9.68. The molecule has 0 radical (unpaired) electrons. The lowest BCUT2D eigenvalue weighted by Gasteiger charge is -2.33. The van der Waals surface area contributed by atoms with Crippen molar-refractivity contribution in [3.8, 4) is 0 Å². The summed E-state index contributed by atoms with van der Waals surface area (Å²) >= 11 is 0. The highest BCUT2D eigenvalue weighted by atomic mass is 16.6. The van der Waals surface area contributed by atoms with Crippen LogP contribution in [-0.4, -0.2) is 133 Å². The molecule has 0 bridgehead atoms. The van der Waals surface area contributed by atoms with Crippen molar-refractivity contribution in [1.29, 1.82) is 0 Å². The SMILES string of the molecule is CCC(COCC(O)CO)(COCC(O)CO)COCC(CO)OCC(O)CO. The van der Waals surface area contributed by atoms with Crippen LogP contribution in [0, 0.1) is 5.41 Å². The van der Waals surface area contributed by atoms with Gasteiger partial charge in [0.1, 0.15) is 24.4 Å². The molecule has 4 unspecified atom stereocenters. The molecule has 0 heterocycles. The summed E-state index contributed by atoms with van der Waals surface area (Å²) in [6, 6.07) is 0. The molecule has 0 saturated carbocycles. The third kappa shape index (κ3) is 13.5. The minimum absolute atomic E-state index is 0.0227. The fraction of sp³-hybridized carbons (Fsp3) is 1.00. The number of hydrogen-bond acceptors (Lipinski definition) is 11. The summed E-state index contributed by atoms with van der Waals surface area (Å²) in [4.78, 5) is 0. The maximum absolute atomic E-state index is 9.43. The molecule has 0 amide bonds. The highest BCUT2D eigenvalue weighted by Gasteiger charge is 2.31. The molecule has 29 heavy (non-hydrogen) atoms. The molecular weight excluding hydrogens is 392 g/mol. The number of aliphatic hydroxyl groups excluding tert-OH is 7. The molecular formula is C18H38O11. The number of hydrogen-bond donors (Lipinski definition) is 7. The van der Waals surface area contributed by atoms with Gasteiger partial charge in [0.05, 0.1) is 72.7 Å². The Morgan fingerprint density at radius 3 is 1.41 bits per heavy atom. The minimum Gasteiger partial charge on any atom is -0.394 e. The molecule has 0 aromatic rings. The maximum atomic E-state index is 9.43. The van der Waals surface area contributed by atoms with Crippen molar-refractivity contribution in [1.82, 2.24) is 0 Å². The van der Waals surface area contributed by atoms with Crippen LogP contribution in [0.1, 0.15) is 13.3 Å². The Labute approximate surface area is 171 Å². The molecule has 0 saturated heterocycles. The molecule has 7 N–H and O–H groups in total. The van der Waals surface area contributed by atoms with Gasteiger partial charge < -0.3 is 54.7 Å². The van der Waals surface area contributed by atoms with E-state index in [2.05, 4.69) is 0 Å². The summed E-state index contributed by atoms with van der Waals surface area (Å²) in [6.45, 7) is 0.416. The fourth-order valence-electron chi connectivity index (χ4n) is 2.22. The first-order valence-electron chi connectivity index (χ1n) is 9.68. The van der Waals surface area contributed by atoms with Crippen molar-refractivity contribution in [3.05, 3.63) is 0 Å². The summed E-state index contributed by atoms with van der Waals surface area (Å²) in [5.74, 6) is 0. The second-order valence-electron chi connectivity index (χ2n) is 7.05. The molecule has 11 heteroatoms. The van der Waals surface area contributed by atoms with Crippen LogP contribution in [0.5, 0.6) is 0 Å². The molecule has 0 aliphatic heterocycles. The molecule has 0 rings (SSSR count). The van der Waals surface area contributed by atoms with Crippen molar-refractivity contribution in [2.75, 3.05) is 72.7 Å². The zero-order valence-corrected chi connectivity index (χ0v) is 17.1. The smallest absolute Gasteiger partial charge is 0.104 e. The van der Waals surface area contributed by atoms with Crippen LogP contribution in [0.15, 0.2) is 0 Å². The molecule has 0 fully saturated rings. The highest BCUT2D eigenvalue weighted by molar-refractivity contribution is 4.78. The first kappa shape index (κ1) is 28.6. The van der Waals surface area contributed by atoms with Crippen LogP contribution >= 0.6 is 0 Å². The van der Waals surface area contributed by atoms with Gasteiger partial charge in [0.25, 0.3) is 0 Å².